The van der Waals surface area contributed by atoms with Crippen molar-refractivity contribution in [3.63, 3.8) is 0 Å². The number of nitrogens with zero attached hydrogens (tertiary/aromatic N) is 2. The van der Waals surface area contributed by atoms with Gasteiger partial charge in [0, 0.05) is 12.6 Å². The number of fused-ring (bicyclic) bond motifs is 1. The van der Waals surface area contributed by atoms with Crippen LogP contribution in [0.3, 0.4) is 0 Å². The van der Waals surface area contributed by atoms with Crippen molar-refractivity contribution in [1.29, 1.82) is 0 Å². The van der Waals surface area contributed by atoms with Gasteiger partial charge in [-0.2, -0.15) is 4.31 Å². The van der Waals surface area contributed by atoms with Crippen molar-refractivity contribution in [3.8, 4) is 0 Å². The predicted octanol–water partition coefficient (Wildman–Crippen LogP) is 4.49. The first-order chi connectivity index (χ1) is 11.9. The second-order valence-electron chi connectivity index (χ2n) is 6.25. The number of benzene rings is 2. The van der Waals surface area contributed by atoms with Crippen molar-refractivity contribution in [3.05, 3.63) is 59.9 Å². The normalized spacial score (nSPS) is 19.3. The van der Waals surface area contributed by atoms with Gasteiger partial charge in [0.2, 0.25) is 0 Å². The molecule has 1 atom stereocenters. The summed E-state index contributed by atoms with van der Waals surface area (Å²) in [7, 11) is -3.27. The van der Waals surface area contributed by atoms with E-state index in [-0.39, 0.29) is 18.4 Å². The van der Waals surface area contributed by atoms with Gasteiger partial charge >= 0.3 is 0 Å². The van der Waals surface area contributed by atoms with Gasteiger partial charge < -0.3 is 5.73 Å². The smallest absolute Gasteiger partial charge is 0.123 e. The van der Waals surface area contributed by atoms with Crippen molar-refractivity contribution in [2.75, 3.05) is 10.8 Å². The highest BCUT2D eigenvalue weighted by Crippen LogP contribution is 2.59. The molecular weight excluding hydrogens is 341 g/mol. The molecule has 1 heterocycles. The molecule has 0 radical (unpaired) electrons. The molecule has 2 aromatic carbocycles. The lowest BCUT2D eigenvalue weighted by atomic mass is 10.1. The zero-order chi connectivity index (χ0) is 18.0. The molecule has 4 N–H and O–H groups in total. The van der Waals surface area contributed by atoms with Crippen LogP contribution in [0.4, 0.5) is 15.8 Å². The maximum absolute atomic E-state index is 13.8. The molecule has 0 aliphatic carbocycles. The Morgan fingerprint density at radius 3 is 2.60 bits per heavy atom. The van der Waals surface area contributed by atoms with Crippen molar-refractivity contribution in [2.45, 2.75) is 32.4 Å². The van der Waals surface area contributed by atoms with Crippen molar-refractivity contribution < 1.29 is 13.5 Å². The summed E-state index contributed by atoms with van der Waals surface area (Å²) in [6.45, 7) is 2.77. The number of anilines is 2. The van der Waals surface area contributed by atoms with Gasteiger partial charge in [0.25, 0.3) is 0 Å². The molecule has 2 aromatic rings. The highest BCUT2D eigenvalue weighted by atomic mass is 32.3. The molecule has 0 spiro atoms. The van der Waals surface area contributed by atoms with Gasteiger partial charge in [-0.05, 0) is 73.2 Å². The molecule has 0 bridgehead atoms. The van der Waals surface area contributed by atoms with Crippen molar-refractivity contribution >= 4 is 22.3 Å². The minimum atomic E-state index is -3.27. The topological polar surface area (TPSA) is 73.0 Å². The Bertz CT molecular complexity index is 730. The Labute approximate surface area is 149 Å². The third-order valence-electron chi connectivity index (χ3n) is 4.45. The van der Waals surface area contributed by atoms with Gasteiger partial charge in [-0.1, -0.05) is 18.2 Å². The molecule has 1 aliphatic rings. The van der Waals surface area contributed by atoms with E-state index in [0.29, 0.717) is 17.9 Å². The number of para-hydroxylation sites is 1. The molecule has 1 unspecified atom stereocenters. The molecule has 0 saturated carbocycles. The maximum atomic E-state index is 13.8. The first-order valence-corrected chi connectivity index (χ1v) is 9.80. The maximum Gasteiger partial charge on any atom is 0.123 e. The highest BCUT2D eigenvalue weighted by Gasteiger charge is 2.40. The van der Waals surface area contributed by atoms with Gasteiger partial charge in [0.1, 0.15) is 5.82 Å². The summed E-state index contributed by atoms with van der Waals surface area (Å²) in [4.78, 5) is 0. The summed E-state index contributed by atoms with van der Waals surface area (Å²) in [6.07, 6.45) is 1.52. The van der Waals surface area contributed by atoms with Crippen LogP contribution in [0.2, 0.25) is 0 Å². The third-order valence-corrected chi connectivity index (χ3v) is 6.47. The van der Waals surface area contributed by atoms with Crippen LogP contribution in [0, 0.1) is 5.82 Å². The van der Waals surface area contributed by atoms with Gasteiger partial charge in [-0.3, -0.25) is 9.11 Å². The lowest BCUT2D eigenvalue weighted by Gasteiger charge is -2.55. The predicted molar refractivity (Wildman–Crippen MR) is 101 cm³/mol. The zero-order valence-corrected chi connectivity index (χ0v) is 15.0. The molecule has 5 nitrogen and oxygen atoms in total. The molecular formula is C18H24FN3O2S. The van der Waals surface area contributed by atoms with E-state index in [2.05, 4.69) is 0 Å². The standard InChI is InChI=1S/C18H24FN3O2S/c1-14(6-5-11-20)21-13-15-12-16(19)9-10-18(15)22(25(21,23)24)17-7-3-2-4-8-17/h2-4,7-10,12,14,23-24H,5-6,11,13,20H2,1H3. The number of halogens is 1. The van der Waals surface area contributed by atoms with Crippen LogP contribution in [-0.4, -0.2) is 26.0 Å². The Morgan fingerprint density at radius 2 is 1.92 bits per heavy atom. The largest absolute Gasteiger partial charge is 0.330 e. The second kappa shape index (κ2) is 7.31. The van der Waals surface area contributed by atoms with E-state index in [9.17, 15) is 13.5 Å². The summed E-state index contributed by atoms with van der Waals surface area (Å²) in [6, 6.07) is 13.5. The summed E-state index contributed by atoms with van der Waals surface area (Å²) >= 11 is 0. The summed E-state index contributed by atoms with van der Waals surface area (Å²) in [5, 5.41) is 0. The van der Waals surface area contributed by atoms with E-state index >= 15 is 0 Å². The van der Waals surface area contributed by atoms with E-state index in [1.807, 2.05) is 37.3 Å². The minimum absolute atomic E-state index is 0.101. The van der Waals surface area contributed by atoms with Crippen LogP contribution in [0.15, 0.2) is 48.5 Å². The van der Waals surface area contributed by atoms with Gasteiger partial charge in [-0.25, -0.2) is 8.70 Å². The molecule has 25 heavy (non-hydrogen) atoms. The monoisotopic (exact) mass is 365 g/mol. The Balaban J connectivity index is 2.08. The van der Waals surface area contributed by atoms with E-state index in [1.165, 1.54) is 16.4 Å². The number of hydrogen-bond donors (Lipinski definition) is 3. The van der Waals surface area contributed by atoms with E-state index in [1.54, 1.807) is 10.4 Å². The highest BCUT2D eigenvalue weighted by molar-refractivity contribution is 8.23. The summed E-state index contributed by atoms with van der Waals surface area (Å²) in [5.74, 6) is -0.334. The first kappa shape index (κ1) is 18.2. The molecule has 0 amide bonds. The van der Waals surface area contributed by atoms with Gasteiger partial charge in [0.05, 0.1) is 11.4 Å². The Hall–Kier alpha value is -1.64. The SMILES string of the molecule is CC(CCCN)N1Cc2cc(F)ccc2N(c2ccccc2)S1(O)O. The van der Waals surface area contributed by atoms with Gasteiger partial charge in [-0.15, -0.1) is 0 Å². The van der Waals surface area contributed by atoms with Crippen LogP contribution in [0.1, 0.15) is 25.3 Å². The molecule has 0 fully saturated rings. The lowest BCUT2D eigenvalue weighted by molar-refractivity contribution is 0.269. The zero-order valence-electron chi connectivity index (χ0n) is 14.2. The van der Waals surface area contributed by atoms with E-state index < -0.39 is 11.0 Å². The average molecular weight is 365 g/mol. The van der Waals surface area contributed by atoms with Gasteiger partial charge in [0.15, 0.2) is 0 Å². The van der Waals surface area contributed by atoms with E-state index in [0.717, 1.165) is 18.4 Å². The first-order valence-electron chi connectivity index (χ1n) is 8.34. The fourth-order valence-corrected chi connectivity index (χ4v) is 5.13. The molecule has 0 aromatic heterocycles. The van der Waals surface area contributed by atoms with Crippen LogP contribution < -0.4 is 10.0 Å². The third kappa shape index (κ3) is 3.51. The fourth-order valence-electron chi connectivity index (χ4n) is 3.17. The quantitative estimate of drug-likeness (QED) is 0.728. The second-order valence-corrected chi connectivity index (χ2v) is 8.06. The van der Waals surface area contributed by atoms with Crippen LogP contribution in [-0.2, 0) is 6.54 Å². The Morgan fingerprint density at radius 1 is 1.20 bits per heavy atom. The molecule has 0 saturated heterocycles. The molecule has 1 aliphatic heterocycles. The molecule has 7 heteroatoms. The van der Waals surface area contributed by atoms with Crippen molar-refractivity contribution in [1.82, 2.24) is 4.31 Å². The average Bonchev–Trinajstić information content (AvgIpc) is 2.59. The lowest BCUT2D eigenvalue weighted by Crippen LogP contribution is -2.45. The number of rotatable bonds is 5. The minimum Gasteiger partial charge on any atom is -0.330 e. The summed E-state index contributed by atoms with van der Waals surface area (Å²) < 4.78 is 39.1. The number of nitrogens with two attached hydrogens (primary N) is 1. The Kier molecular flexibility index (Phi) is 5.31. The number of hydrogen-bond acceptors (Lipinski definition) is 5. The van der Waals surface area contributed by atoms with Crippen LogP contribution in [0.5, 0.6) is 0 Å². The van der Waals surface area contributed by atoms with Crippen LogP contribution >= 0.6 is 11.0 Å². The van der Waals surface area contributed by atoms with E-state index in [4.69, 9.17) is 5.73 Å². The molecule has 136 valence electrons. The van der Waals surface area contributed by atoms with Crippen LogP contribution in [0.25, 0.3) is 0 Å². The van der Waals surface area contributed by atoms with Crippen molar-refractivity contribution in [2.24, 2.45) is 5.73 Å². The fraction of sp³-hybridized carbons (Fsp3) is 0.333. The molecule has 3 rings (SSSR count). The summed E-state index contributed by atoms with van der Waals surface area (Å²) in [5.41, 5.74) is 7.60.